The van der Waals surface area contributed by atoms with E-state index in [4.69, 9.17) is 11.6 Å². The van der Waals surface area contributed by atoms with Gasteiger partial charge in [0, 0.05) is 12.4 Å². The molecule has 0 aromatic heterocycles. The van der Waals surface area contributed by atoms with Crippen molar-refractivity contribution in [2.45, 2.75) is 38.5 Å². The minimum Gasteiger partial charge on any atom is -0.211 e. The van der Waals surface area contributed by atoms with E-state index in [1.165, 1.54) is 12.1 Å². The standard InChI is InChI=1S/C14H21ClFNO2S/c1-4-12(5-6-15)9-17-20(18,19)14-10(2)7-13(16)8-11(14)3/h7-8,12,17H,4-6,9H2,1-3H3. The van der Waals surface area contributed by atoms with Crippen LogP contribution < -0.4 is 4.72 Å². The van der Waals surface area contributed by atoms with Crippen LogP contribution in [0.2, 0.25) is 0 Å². The first kappa shape index (κ1) is 17.4. The van der Waals surface area contributed by atoms with Crippen LogP contribution in [0, 0.1) is 25.6 Å². The first-order valence-corrected chi connectivity index (χ1v) is 8.66. The Bertz CT molecular complexity index is 537. The molecule has 1 aromatic rings. The summed E-state index contributed by atoms with van der Waals surface area (Å²) in [5, 5.41) is 0. The van der Waals surface area contributed by atoms with Gasteiger partial charge < -0.3 is 0 Å². The molecule has 0 bridgehead atoms. The molecule has 1 aromatic carbocycles. The first-order chi connectivity index (χ1) is 9.31. The summed E-state index contributed by atoms with van der Waals surface area (Å²) in [5.74, 6) is 0.297. The van der Waals surface area contributed by atoms with Gasteiger partial charge in [-0.1, -0.05) is 13.3 Å². The molecule has 20 heavy (non-hydrogen) atoms. The Morgan fingerprint density at radius 1 is 1.30 bits per heavy atom. The van der Waals surface area contributed by atoms with E-state index in [1.54, 1.807) is 13.8 Å². The van der Waals surface area contributed by atoms with Crippen molar-refractivity contribution in [1.29, 1.82) is 0 Å². The summed E-state index contributed by atoms with van der Waals surface area (Å²) in [6.45, 7) is 5.54. The zero-order valence-electron chi connectivity index (χ0n) is 12.0. The highest BCUT2D eigenvalue weighted by Gasteiger charge is 2.21. The number of hydrogen-bond acceptors (Lipinski definition) is 2. The van der Waals surface area contributed by atoms with Crippen molar-refractivity contribution in [1.82, 2.24) is 4.72 Å². The predicted octanol–water partition coefficient (Wildman–Crippen LogP) is 3.38. The average molecular weight is 322 g/mol. The summed E-state index contributed by atoms with van der Waals surface area (Å²) in [7, 11) is -3.62. The fourth-order valence-electron chi connectivity index (χ4n) is 2.23. The lowest BCUT2D eigenvalue weighted by atomic mass is 10.0. The van der Waals surface area contributed by atoms with Crippen molar-refractivity contribution >= 4 is 21.6 Å². The van der Waals surface area contributed by atoms with E-state index in [-0.39, 0.29) is 10.8 Å². The molecule has 0 spiro atoms. The third-order valence-corrected chi connectivity index (χ3v) is 5.30. The number of benzene rings is 1. The summed E-state index contributed by atoms with van der Waals surface area (Å²) in [6, 6.07) is 2.47. The highest BCUT2D eigenvalue weighted by atomic mass is 35.5. The lowest BCUT2D eigenvalue weighted by Gasteiger charge is -2.16. The molecule has 1 rings (SSSR count). The van der Waals surface area contributed by atoms with Gasteiger partial charge in [-0.3, -0.25) is 0 Å². The van der Waals surface area contributed by atoms with Crippen LogP contribution in [0.1, 0.15) is 30.9 Å². The Morgan fingerprint density at radius 3 is 2.30 bits per heavy atom. The van der Waals surface area contributed by atoms with Gasteiger partial charge in [-0.25, -0.2) is 17.5 Å². The van der Waals surface area contributed by atoms with Gasteiger partial charge in [-0.15, -0.1) is 11.6 Å². The molecule has 0 saturated carbocycles. The van der Waals surface area contributed by atoms with Crippen molar-refractivity contribution < 1.29 is 12.8 Å². The highest BCUT2D eigenvalue weighted by molar-refractivity contribution is 7.89. The smallest absolute Gasteiger partial charge is 0.211 e. The lowest BCUT2D eigenvalue weighted by molar-refractivity contribution is 0.480. The summed E-state index contributed by atoms with van der Waals surface area (Å²) >= 11 is 5.69. The number of aryl methyl sites for hydroxylation is 2. The van der Waals surface area contributed by atoms with Crippen LogP contribution in [-0.4, -0.2) is 20.8 Å². The molecule has 0 aliphatic carbocycles. The minimum absolute atomic E-state index is 0.166. The molecule has 0 amide bonds. The second kappa shape index (κ2) is 7.38. The van der Waals surface area contributed by atoms with Gasteiger partial charge in [0.15, 0.2) is 0 Å². The van der Waals surface area contributed by atoms with Gasteiger partial charge in [-0.05, 0) is 49.4 Å². The molecule has 0 aliphatic heterocycles. The molecule has 0 heterocycles. The van der Waals surface area contributed by atoms with Crippen molar-refractivity contribution in [3.05, 3.63) is 29.1 Å². The van der Waals surface area contributed by atoms with Gasteiger partial charge in [0.1, 0.15) is 5.82 Å². The van der Waals surface area contributed by atoms with Crippen LogP contribution in [0.4, 0.5) is 4.39 Å². The minimum atomic E-state index is -3.62. The third-order valence-electron chi connectivity index (χ3n) is 3.35. The maximum atomic E-state index is 13.2. The van der Waals surface area contributed by atoms with E-state index in [2.05, 4.69) is 4.72 Å². The number of alkyl halides is 1. The average Bonchev–Trinajstić information content (AvgIpc) is 2.32. The summed E-state index contributed by atoms with van der Waals surface area (Å²) < 4.78 is 40.5. The van der Waals surface area contributed by atoms with Crippen molar-refractivity contribution in [3.8, 4) is 0 Å². The molecule has 0 saturated heterocycles. The number of sulfonamides is 1. The first-order valence-electron chi connectivity index (χ1n) is 6.64. The summed E-state index contributed by atoms with van der Waals surface area (Å²) in [6.07, 6.45) is 1.62. The Balaban J connectivity index is 2.95. The van der Waals surface area contributed by atoms with Gasteiger partial charge in [-0.2, -0.15) is 0 Å². The second-order valence-corrected chi connectivity index (χ2v) is 7.05. The van der Waals surface area contributed by atoms with E-state index in [1.807, 2.05) is 6.92 Å². The number of hydrogen-bond donors (Lipinski definition) is 1. The highest BCUT2D eigenvalue weighted by Crippen LogP contribution is 2.21. The number of nitrogens with one attached hydrogen (secondary N) is 1. The predicted molar refractivity (Wildman–Crippen MR) is 80.2 cm³/mol. The molecule has 0 radical (unpaired) electrons. The Labute approximate surface area is 125 Å². The van der Waals surface area contributed by atoms with Crippen LogP contribution >= 0.6 is 11.6 Å². The monoisotopic (exact) mass is 321 g/mol. The fraction of sp³-hybridized carbons (Fsp3) is 0.571. The summed E-state index contributed by atoms with van der Waals surface area (Å²) in [4.78, 5) is 0.166. The normalized spacial score (nSPS) is 13.4. The molecular formula is C14H21ClFNO2S. The largest absolute Gasteiger partial charge is 0.241 e. The SMILES string of the molecule is CCC(CCCl)CNS(=O)(=O)c1c(C)cc(F)cc1C. The van der Waals surface area contributed by atoms with E-state index < -0.39 is 15.8 Å². The van der Waals surface area contributed by atoms with Crippen molar-refractivity contribution in [2.75, 3.05) is 12.4 Å². The Morgan fingerprint density at radius 2 is 1.85 bits per heavy atom. The zero-order chi connectivity index (χ0) is 15.3. The van der Waals surface area contributed by atoms with Crippen molar-refractivity contribution in [3.63, 3.8) is 0 Å². The maximum absolute atomic E-state index is 13.2. The third kappa shape index (κ3) is 4.43. The number of rotatable bonds is 7. The van der Waals surface area contributed by atoms with Crippen molar-refractivity contribution in [2.24, 2.45) is 5.92 Å². The van der Waals surface area contributed by atoms with Gasteiger partial charge in [0.05, 0.1) is 4.90 Å². The maximum Gasteiger partial charge on any atom is 0.241 e. The van der Waals surface area contributed by atoms with Gasteiger partial charge in [0.25, 0.3) is 0 Å². The molecule has 3 nitrogen and oxygen atoms in total. The van der Waals surface area contributed by atoms with Crippen LogP contribution in [0.15, 0.2) is 17.0 Å². The van der Waals surface area contributed by atoms with E-state index in [0.717, 1.165) is 12.8 Å². The Hall–Kier alpha value is -0.650. The number of halogens is 2. The molecule has 1 atom stereocenters. The molecule has 0 fully saturated rings. The van der Waals surface area contributed by atoms with E-state index in [0.29, 0.717) is 23.6 Å². The van der Waals surface area contributed by atoms with Gasteiger partial charge >= 0.3 is 0 Å². The topological polar surface area (TPSA) is 46.2 Å². The molecular weight excluding hydrogens is 301 g/mol. The van der Waals surface area contributed by atoms with E-state index >= 15 is 0 Å². The van der Waals surface area contributed by atoms with Crippen LogP contribution in [0.5, 0.6) is 0 Å². The molecule has 0 aliphatic rings. The second-order valence-electron chi connectivity index (χ2n) is 4.97. The van der Waals surface area contributed by atoms with Crippen LogP contribution in [0.3, 0.4) is 0 Å². The quantitative estimate of drug-likeness (QED) is 0.783. The fourth-order valence-corrected chi connectivity index (χ4v) is 4.10. The molecule has 1 N–H and O–H groups in total. The molecule has 114 valence electrons. The molecule has 6 heteroatoms. The van der Waals surface area contributed by atoms with Crippen LogP contribution in [-0.2, 0) is 10.0 Å². The van der Waals surface area contributed by atoms with E-state index in [9.17, 15) is 12.8 Å². The Kier molecular flexibility index (Phi) is 6.43. The van der Waals surface area contributed by atoms with Gasteiger partial charge in [0.2, 0.25) is 10.0 Å². The lowest BCUT2D eigenvalue weighted by Crippen LogP contribution is -2.30. The van der Waals surface area contributed by atoms with Crippen LogP contribution in [0.25, 0.3) is 0 Å². The summed E-state index contributed by atoms with van der Waals surface area (Å²) in [5.41, 5.74) is 0.834. The molecule has 1 unspecified atom stereocenters. The zero-order valence-corrected chi connectivity index (χ0v) is 13.6.